The van der Waals surface area contributed by atoms with Crippen molar-refractivity contribution in [2.75, 3.05) is 0 Å². The number of ether oxygens (including phenoxy) is 1. The molecule has 0 saturated heterocycles. The maximum atomic E-state index is 10.3. The lowest BCUT2D eigenvalue weighted by Gasteiger charge is -2.08. The smallest absolute Gasteiger partial charge is 0.450 e. The molecule has 0 aromatic rings. The zero-order valence-electron chi connectivity index (χ0n) is 15.5. The summed E-state index contributed by atoms with van der Waals surface area (Å²) in [7, 11) is 0. The first kappa shape index (κ1) is 23.7. The van der Waals surface area contributed by atoms with E-state index >= 15 is 0 Å². The average Bonchev–Trinajstić information content (AvgIpc) is 2.53. The van der Waals surface area contributed by atoms with Crippen molar-refractivity contribution < 1.29 is 14.6 Å². The molecule has 3 nitrogen and oxygen atoms in total. The Morgan fingerprint density at radius 2 is 1.33 bits per heavy atom. The maximum Gasteiger partial charge on any atom is 0.506 e. The van der Waals surface area contributed by atoms with E-state index in [1.807, 2.05) is 22.6 Å². The Balaban J connectivity index is 3.16. The van der Waals surface area contributed by atoms with E-state index in [2.05, 4.69) is 23.8 Å². The van der Waals surface area contributed by atoms with Gasteiger partial charge in [-0.1, -0.05) is 76.9 Å². The minimum atomic E-state index is -1.17. The highest BCUT2D eigenvalue weighted by molar-refractivity contribution is 14.1. The molecule has 142 valence electrons. The van der Waals surface area contributed by atoms with E-state index in [-0.39, 0.29) is 4.11 Å². The first-order chi connectivity index (χ1) is 11.7. The van der Waals surface area contributed by atoms with Crippen LogP contribution in [0.15, 0.2) is 12.2 Å². The fourth-order valence-electron chi connectivity index (χ4n) is 2.72. The van der Waals surface area contributed by atoms with Crippen LogP contribution in [0.5, 0.6) is 0 Å². The minimum Gasteiger partial charge on any atom is -0.450 e. The average molecular weight is 452 g/mol. The van der Waals surface area contributed by atoms with Crippen LogP contribution in [0.1, 0.15) is 103 Å². The molecule has 0 aliphatic carbocycles. The van der Waals surface area contributed by atoms with Crippen molar-refractivity contribution >= 4 is 28.7 Å². The second kappa shape index (κ2) is 19.1. The number of carboxylic acid groups (broad SMARTS) is 1. The fourth-order valence-corrected chi connectivity index (χ4v) is 3.38. The number of hydrogen-bond donors (Lipinski definition) is 1. The molecule has 0 radical (unpaired) electrons. The molecule has 1 unspecified atom stereocenters. The van der Waals surface area contributed by atoms with Crippen molar-refractivity contribution in [1.82, 2.24) is 0 Å². The number of hydrogen-bond acceptors (Lipinski definition) is 2. The topological polar surface area (TPSA) is 46.5 Å². The lowest BCUT2D eigenvalue weighted by molar-refractivity contribution is 0.0840. The summed E-state index contributed by atoms with van der Waals surface area (Å²) < 4.78 is 4.47. The van der Waals surface area contributed by atoms with Crippen LogP contribution in [-0.4, -0.2) is 15.4 Å². The molecule has 0 amide bonds. The van der Waals surface area contributed by atoms with Gasteiger partial charge >= 0.3 is 6.16 Å². The summed E-state index contributed by atoms with van der Waals surface area (Å²) >= 11 is 2.05. The molecular weight excluding hydrogens is 415 g/mol. The van der Waals surface area contributed by atoms with Gasteiger partial charge in [-0.2, -0.15) is 0 Å². The molecule has 1 N–H and O–H groups in total. The van der Waals surface area contributed by atoms with Crippen molar-refractivity contribution in [3.63, 3.8) is 0 Å². The van der Waals surface area contributed by atoms with Gasteiger partial charge in [-0.15, -0.1) is 0 Å². The van der Waals surface area contributed by atoms with Crippen LogP contribution < -0.4 is 0 Å². The molecule has 24 heavy (non-hydrogen) atoms. The van der Waals surface area contributed by atoms with E-state index in [1.54, 1.807) is 0 Å². The number of rotatable bonds is 17. The maximum absolute atomic E-state index is 10.3. The standard InChI is InChI=1S/C20H37IO3/c1-2-3-4-5-6-7-8-9-10-11-12-13-14-15-16-17-18-19(21)24-20(22)23/h9-10,19H,2-8,11-18H2,1H3,(H,22,23)/b10-9+. The summed E-state index contributed by atoms with van der Waals surface area (Å²) in [6.45, 7) is 2.26. The molecule has 0 bridgehead atoms. The molecule has 0 saturated carbocycles. The number of unbranched alkanes of at least 4 members (excludes halogenated alkanes) is 12. The summed E-state index contributed by atoms with van der Waals surface area (Å²) in [5.41, 5.74) is 0. The molecule has 4 heteroatoms. The third-order valence-corrected chi connectivity index (χ3v) is 5.05. The van der Waals surface area contributed by atoms with Gasteiger partial charge in [0.15, 0.2) is 4.11 Å². The van der Waals surface area contributed by atoms with Crippen molar-refractivity contribution in [2.24, 2.45) is 0 Å². The molecule has 1 atom stereocenters. The van der Waals surface area contributed by atoms with Crippen molar-refractivity contribution in [1.29, 1.82) is 0 Å². The Kier molecular flexibility index (Phi) is 18.9. The van der Waals surface area contributed by atoms with Crippen molar-refractivity contribution in [3.8, 4) is 0 Å². The van der Waals surface area contributed by atoms with E-state index in [0.717, 1.165) is 12.8 Å². The van der Waals surface area contributed by atoms with Gasteiger partial charge in [0.05, 0.1) is 0 Å². The molecule has 0 rings (SSSR count). The number of allylic oxidation sites excluding steroid dienone is 2. The minimum absolute atomic E-state index is 0.197. The summed E-state index contributed by atoms with van der Waals surface area (Å²) in [6, 6.07) is 0. The normalized spacial score (nSPS) is 12.6. The summed E-state index contributed by atoms with van der Waals surface area (Å²) in [6.07, 6.45) is 22.5. The van der Waals surface area contributed by atoms with Crippen LogP contribution in [0.2, 0.25) is 0 Å². The van der Waals surface area contributed by atoms with Gasteiger partial charge in [-0.05, 0) is 61.1 Å². The largest absolute Gasteiger partial charge is 0.506 e. The number of alkyl halides is 1. The van der Waals surface area contributed by atoms with Gasteiger partial charge in [0.2, 0.25) is 0 Å². The van der Waals surface area contributed by atoms with E-state index in [0.29, 0.717) is 0 Å². The van der Waals surface area contributed by atoms with Crippen molar-refractivity contribution in [3.05, 3.63) is 12.2 Å². The summed E-state index contributed by atoms with van der Waals surface area (Å²) in [5, 5.41) is 8.49. The van der Waals surface area contributed by atoms with Crippen LogP contribution in [0.25, 0.3) is 0 Å². The molecular formula is C20H37IO3. The van der Waals surface area contributed by atoms with Gasteiger partial charge in [-0.25, -0.2) is 4.79 Å². The Hall–Kier alpha value is -0.260. The zero-order chi connectivity index (χ0) is 17.9. The Morgan fingerprint density at radius 3 is 1.83 bits per heavy atom. The van der Waals surface area contributed by atoms with Gasteiger partial charge < -0.3 is 9.84 Å². The lowest BCUT2D eigenvalue weighted by Crippen LogP contribution is -2.09. The Morgan fingerprint density at radius 1 is 0.875 bits per heavy atom. The third kappa shape index (κ3) is 19.8. The second-order valence-corrected chi connectivity index (χ2v) is 7.91. The highest BCUT2D eigenvalue weighted by atomic mass is 127. The van der Waals surface area contributed by atoms with E-state index in [1.165, 1.54) is 83.5 Å². The van der Waals surface area contributed by atoms with Crippen LogP contribution in [0, 0.1) is 0 Å². The monoisotopic (exact) mass is 452 g/mol. The van der Waals surface area contributed by atoms with E-state index in [4.69, 9.17) is 5.11 Å². The van der Waals surface area contributed by atoms with E-state index in [9.17, 15) is 4.79 Å². The molecule has 0 aromatic heterocycles. The predicted molar refractivity (Wildman–Crippen MR) is 111 cm³/mol. The lowest BCUT2D eigenvalue weighted by atomic mass is 10.1. The SMILES string of the molecule is CCCCCCCC/C=C/CCCCCCCCC(I)OC(=O)O. The zero-order valence-corrected chi connectivity index (χ0v) is 17.6. The molecule has 0 aliphatic rings. The second-order valence-electron chi connectivity index (χ2n) is 6.52. The van der Waals surface area contributed by atoms with Crippen LogP contribution >= 0.6 is 22.6 Å². The van der Waals surface area contributed by atoms with Crippen molar-refractivity contribution in [2.45, 2.75) is 107 Å². The number of carbonyl (C=O) groups is 1. The van der Waals surface area contributed by atoms with Crippen LogP contribution in [0.4, 0.5) is 4.79 Å². The van der Waals surface area contributed by atoms with Gasteiger partial charge in [0.1, 0.15) is 0 Å². The first-order valence-corrected chi connectivity index (χ1v) is 11.1. The van der Waals surface area contributed by atoms with Gasteiger partial charge in [0, 0.05) is 0 Å². The summed E-state index contributed by atoms with van der Waals surface area (Å²) in [4.78, 5) is 10.3. The Labute approximate surface area is 162 Å². The molecule has 0 aromatic carbocycles. The quantitative estimate of drug-likeness (QED) is 0.0803. The first-order valence-electron chi connectivity index (χ1n) is 9.85. The molecule has 0 fully saturated rings. The Bertz CT molecular complexity index is 305. The van der Waals surface area contributed by atoms with Crippen LogP contribution in [0.3, 0.4) is 0 Å². The molecule has 0 aliphatic heterocycles. The summed E-state index contributed by atoms with van der Waals surface area (Å²) in [5.74, 6) is 0. The van der Waals surface area contributed by atoms with Gasteiger partial charge in [0.25, 0.3) is 0 Å². The predicted octanol–water partition coefficient (Wildman–Crippen LogP) is 7.87. The molecule has 0 spiro atoms. The highest BCUT2D eigenvalue weighted by Crippen LogP contribution is 2.15. The fraction of sp³-hybridized carbons (Fsp3) is 0.850. The van der Waals surface area contributed by atoms with E-state index < -0.39 is 6.16 Å². The highest BCUT2D eigenvalue weighted by Gasteiger charge is 2.07. The van der Waals surface area contributed by atoms with Crippen LogP contribution in [-0.2, 0) is 4.74 Å². The third-order valence-electron chi connectivity index (χ3n) is 4.17. The van der Waals surface area contributed by atoms with Gasteiger partial charge in [-0.3, -0.25) is 0 Å². The molecule has 0 heterocycles. The number of halogens is 1.